The van der Waals surface area contributed by atoms with Crippen molar-refractivity contribution in [3.8, 4) is 0 Å². The molecular formula is C20H17N5O2S. The van der Waals surface area contributed by atoms with Crippen molar-refractivity contribution in [3.63, 3.8) is 0 Å². The Balaban J connectivity index is 1.91. The standard InChI is InChI=1S/C20H17N5O2S/c1-11-7-8-14(12(2)9-11)25(19(27)17-16(18(21)26)22-10-23-17)20-24-13-5-3-4-6-15(13)28-20/h3-10H,1-2H3,(H2,21,26)(H,22,23). The molecule has 0 fully saturated rings. The SMILES string of the molecule is Cc1ccc(N(C(=O)c2nc[nH]c2C(N)=O)c2nc3ccccc3s2)c(C)c1. The molecule has 8 heteroatoms. The van der Waals surface area contributed by atoms with E-state index in [1.54, 1.807) is 0 Å². The summed E-state index contributed by atoms with van der Waals surface area (Å²) in [6, 6.07) is 13.4. The number of carbonyl (C=O) groups is 2. The Morgan fingerprint density at radius 3 is 2.64 bits per heavy atom. The number of thiazole rings is 1. The Morgan fingerprint density at radius 1 is 1.14 bits per heavy atom. The zero-order valence-electron chi connectivity index (χ0n) is 15.3. The molecule has 28 heavy (non-hydrogen) atoms. The molecule has 2 amide bonds. The van der Waals surface area contributed by atoms with Crippen LogP contribution in [0.4, 0.5) is 10.8 Å². The van der Waals surface area contributed by atoms with E-state index < -0.39 is 11.8 Å². The van der Waals surface area contributed by atoms with Crippen LogP contribution in [0.5, 0.6) is 0 Å². The lowest BCUT2D eigenvalue weighted by Gasteiger charge is -2.21. The van der Waals surface area contributed by atoms with E-state index in [1.165, 1.54) is 22.6 Å². The van der Waals surface area contributed by atoms with Crippen LogP contribution >= 0.6 is 11.3 Å². The van der Waals surface area contributed by atoms with Gasteiger partial charge in [-0.15, -0.1) is 0 Å². The van der Waals surface area contributed by atoms with Gasteiger partial charge >= 0.3 is 0 Å². The first-order chi connectivity index (χ1) is 13.5. The summed E-state index contributed by atoms with van der Waals surface area (Å²) in [5, 5.41) is 0.497. The number of aromatic nitrogens is 3. The Labute approximate surface area is 164 Å². The van der Waals surface area contributed by atoms with Crippen molar-refractivity contribution in [3.05, 3.63) is 71.3 Å². The minimum Gasteiger partial charge on any atom is -0.364 e. The number of nitrogens with one attached hydrogen (secondary N) is 1. The van der Waals surface area contributed by atoms with Crippen molar-refractivity contribution >= 4 is 44.2 Å². The Hall–Kier alpha value is -3.52. The minimum absolute atomic E-state index is 0.0270. The van der Waals surface area contributed by atoms with Crippen LogP contribution in [0.3, 0.4) is 0 Å². The van der Waals surface area contributed by atoms with Crippen LogP contribution in [0.15, 0.2) is 48.8 Å². The molecule has 0 aliphatic heterocycles. The number of carbonyl (C=O) groups excluding carboxylic acids is 2. The molecule has 7 nitrogen and oxygen atoms in total. The van der Waals surface area contributed by atoms with Crippen molar-refractivity contribution in [2.24, 2.45) is 5.73 Å². The number of para-hydroxylation sites is 1. The zero-order chi connectivity index (χ0) is 19.8. The van der Waals surface area contributed by atoms with Crippen molar-refractivity contribution < 1.29 is 9.59 Å². The molecule has 2 aromatic heterocycles. The molecule has 0 saturated heterocycles. The molecule has 2 heterocycles. The number of hydrogen-bond donors (Lipinski definition) is 2. The van der Waals surface area contributed by atoms with Gasteiger partial charge in [-0.1, -0.05) is 41.2 Å². The molecule has 140 valence electrons. The van der Waals surface area contributed by atoms with Gasteiger partial charge < -0.3 is 10.7 Å². The number of fused-ring (bicyclic) bond motifs is 1. The number of primary amides is 1. The van der Waals surface area contributed by atoms with Gasteiger partial charge in [0.2, 0.25) is 0 Å². The molecular weight excluding hydrogens is 374 g/mol. The minimum atomic E-state index is -0.745. The maximum Gasteiger partial charge on any atom is 0.285 e. The van der Waals surface area contributed by atoms with Gasteiger partial charge in [0.25, 0.3) is 11.8 Å². The van der Waals surface area contributed by atoms with Crippen LogP contribution in [0.25, 0.3) is 10.2 Å². The fraction of sp³-hybridized carbons (Fsp3) is 0.100. The van der Waals surface area contributed by atoms with Gasteiger partial charge in [-0.2, -0.15) is 0 Å². The number of benzene rings is 2. The molecule has 3 N–H and O–H groups in total. The Morgan fingerprint density at radius 2 is 1.93 bits per heavy atom. The predicted molar refractivity (Wildman–Crippen MR) is 109 cm³/mol. The number of anilines is 2. The second-order valence-electron chi connectivity index (χ2n) is 6.39. The normalized spacial score (nSPS) is 10.9. The number of H-pyrrole nitrogens is 1. The second-order valence-corrected chi connectivity index (χ2v) is 7.39. The van der Waals surface area contributed by atoms with Gasteiger partial charge in [-0.05, 0) is 37.6 Å². The smallest absolute Gasteiger partial charge is 0.285 e. The fourth-order valence-corrected chi connectivity index (χ4v) is 4.04. The topological polar surface area (TPSA) is 105 Å². The van der Waals surface area contributed by atoms with Gasteiger partial charge in [0, 0.05) is 0 Å². The molecule has 0 bridgehead atoms. The van der Waals surface area contributed by atoms with E-state index in [1.807, 2.05) is 56.3 Å². The van der Waals surface area contributed by atoms with E-state index in [4.69, 9.17) is 5.73 Å². The fourth-order valence-electron chi connectivity index (χ4n) is 3.06. The highest BCUT2D eigenvalue weighted by atomic mass is 32.1. The molecule has 2 aromatic carbocycles. The molecule has 0 aliphatic rings. The first-order valence-corrected chi connectivity index (χ1v) is 9.38. The van der Waals surface area contributed by atoms with Crippen LogP contribution in [-0.4, -0.2) is 26.8 Å². The van der Waals surface area contributed by atoms with Gasteiger partial charge in [0.15, 0.2) is 10.8 Å². The molecule has 0 atom stereocenters. The van der Waals surface area contributed by atoms with E-state index in [2.05, 4.69) is 15.0 Å². The molecule has 4 rings (SSSR count). The highest BCUT2D eigenvalue weighted by molar-refractivity contribution is 7.22. The van der Waals surface area contributed by atoms with Gasteiger partial charge in [0.1, 0.15) is 5.69 Å². The summed E-state index contributed by atoms with van der Waals surface area (Å²) in [5.74, 6) is -1.22. The Kier molecular flexibility index (Phi) is 4.40. The Bertz CT molecular complexity index is 1180. The maximum absolute atomic E-state index is 13.4. The second kappa shape index (κ2) is 6.90. The number of rotatable bonds is 4. The number of imidazole rings is 1. The van der Waals surface area contributed by atoms with Crippen LogP contribution < -0.4 is 10.6 Å². The van der Waals surface area contributed by atoms with Crippen LogP contribution in [0.2, 0.25) is 0 Å². The third kappa shape index (κ3) is 3.03. The van der Waals surface area contributed by atoms with Crippen molar-refractivity contribution in [2.75, 3.05) is 4.90 Å². The van der Waals surface area contributed by atoms with E-state index in [-0.39, 0.29) is 11.4 Å². The molecule has 4 aromatic rings. The number of amides is 2. The van der Waals surface area contributed by atoms with Crippen LogP contribution in [0.1, 0.15) is 32.1 Å². The lowest BCUT2D eigenvalue weighted by Crippen LogP contribution is -2.29. The third-order valence-electron chi connectivity index (χ3n) is 4.36. The summed E-state index contributed by atoms with van der Waals surface area (Å²) in [4.78, 5) is 38.0. The van der Waals surface area contributed by atoms with Crippen LogP contribution in [-0.2, 0) is 0 Å². The van der Waals surface area contributed by atoms with Crippen molar-refractivity contribution in [1.82, 2.24) is 15.0 Å². The maximum atomic E-state index is 13.4. The van der Waals surface area contributed by atoms with E-state index in [0.717, 1.165) is 21.3 Å². The van der Waals surface area contributed by atoms with Crippen molar-refractivity contribution in [2.45, 2.75) is 13.8 Å². The first kappa shape index (κ1) is 17.9. The molecule has 0 spiro atoms. The summed E-state index contributed by atoms with van der Waals surface area (Å²) in [6.45, 7) is 3.91. The summed E-state index contributed by atoms with van der Waals surface area (Å²) in [5.41, 5.74) is 8.78. The first-order valence-electron chi connectivity index (χ1n) is 8.56. The van der Waals surface area contributed by atoms with Crippen LogP contribution in [0, 0.1) is 13.8 Å². The number of hydrogen-bond acceptors (Lipinski definition) is 5. The number of nitrogens with two attached hydrogens (primary N) is 1. The number of aromatic amines is 1. The lowest BCUT2D eigenvalue weighted by atomic mass is 10.1. The van der Waals surface area contributed by atoms with Gasteiger partial charge in [-0.3, -0.25) is 14.5 Å². The number of aryl methyl sites for hydroxylation is 2. The number of nitrogens with zero attached hydrogens (tertiary/aromatic N) is 3. The molecule has 0 radical (unpaired) electrons. The monoisotopic (exact) mass is 391 g/mol. The van der Waals surface area contributed by atoms with E-state index in [0.29, 0.717) is 10.8 Å². The average Bonchev–Trinajstić information content (AvgIpc) is 3.30. The summed E-state index contributed by atoms with van der Waals surface area (Å²) >= 11 is 1.39. The van der Waals surface area contributed by atoms with E-state index >= 15 is 0 Å². The molecule has 0 aliphatic carbocycles. The summed E-state index contributed by atoms with van der Waals surface area (Å²) in [6.07, 6.45) is 1.28. The largest absolute Gasteiger partial charge is 0.364 e. The van der Waals surface area contributed by atoms with Crippen molar-refractivity contribution in [1.29, 1.82) is 0 Å². The zero-order valence-corrected chi connectivity index (χ0v) is 16.1. The van der Waals surface area contributed by atoms with Gasteiger partial charge in [-0.25, -0.2) is 9.97 Å². The quantitative estimate of drug-likeness (QED) is 0.553. The molecule has 0 saturated carbocycles. The third-order valence-corrected chi connectivity index (χ3v) is 5.38. The molecule has 0 unspecified atom stereocenters. The summed E-state index contributed by atoms with van der Waals surface area (Å²) in [7, 11) is 0. The average molecular weight is 391 g/mol. The lowest BCUT2D eigenvalue weighted by molar-refractivity contribution is 0.0962. The highest BCUT2D eigenvalue weighted by Crippen LogP contribution is 2.36. The highest BCUT2D eigenvalue weighted by Gasteiger charge is 2.29. The summed E-state index contributed by atoms with van der Waals surface area (Å²) < 4.78 is 0.956. The predicted octanol–water partition coefficient (Wildman–Crippen LogP) is 3.71. The van der Waals surface area contributed by atoms with Gasteiger partial charge in [0.05, 0.1) is 22.2 Å². The van der Waals surface area contributed by atoms with E-state index in [9.17, 15) is 9.59 Å².